The van der Waals surface area contributed by atoms with E-state index in [4.69, 9.17) is 15.7 Å². The largest absolute Gasteiger partial charge is 0.497 e. The summed E-state index contributed by atoms with van der Waals surface area (Å²) in [5.74, 6) is -0.644. The summed E-state index contributed by atoms with van der Waals surface area (Å²) in [6.07, 6.45) is 4.58. The quantitative estimate of drug-likeness (QED) is 0.503. The lowest BCUT2D eigenvalue weighted by Crippen LogP contribution is -2.13. The number of nitriles is 1. The molecule has 0 unspecified atom stereocenters. The molecule has 0 aliphatic rings. The molecule has 0 saturated carbocycles. The fourth-order valence-corrected chi connectivity index (χ4v) is 3.45. The van der Waals surface area contributed by atoms with Crippen molar-refractivity contribution in [1.82, 2.24) is 15.0 Å². The summed E-state index contributed by atoms with van der Waals surface area (Å²) in [6.45, 7) is 0. The van der Waals surface area contributed by atoms with Crippen LogP contribution in [0.15, 0.2) is 54.9 Å². The van der Waals surface area contributed by atoms with Crippen LogP contribution < -0.4 is 10.5 Å². The molecule has 0 bridgehead atoms. The number of benzene rings is 2. The van der Waals surface area contributed by atoms with E-state index in [-0.39, 0.29) is 11.5 Å². The molecule has 8 heteroatoms. The first-order valence-corrected chi connectivity index (χ1v) is 9.77. The Bertz CT molecular complexity index is 1360. The summed E-state index contributed by atoms with van der Waals surface area (Å²) in [6, 6.07) is 13.6. The number of ether oxygens (including phenoxy) is 1. The molecule has 2 aromatic heterocycles. The Kier molecular flexibility index (Phi) is 5.73. The van der Waals surface area contributed by atoms with Gasteiger partial charge >= 0.3 is 0 Å². The maximum absolute atomic E-state index is 14.8. The normalized spacial score (nSPS) is 10.7. The van der Waals surface area contributed by atoms with Gasteiger partial charge in [-0.15, -0.1) is 0 Å². The minimum Gasteiger partial charge on any atom is -0.497 e. The molecule has 0 aliphatic carbocycles. The number of aromatic nitrogens is 3. The number of amides is 1. The lowest BCUT2D eigenvalue weighted by Gasteiger charge is -2.12. The third-order valence-corrected chi connectivity index (χ3v) is 5.10. The van der Waals surface area contributed by atoms with Gasteiger partial charge in [0.25, 0.3) is 5.91 Å². The van der Waals surface area contributed by atoms with Crippen molar-refractivity contribution in [3.63, 3.8) is 0 Å². The number of nitrogens with zero attached hydrogens (tertiary/aromatic N) is 4. The number of carbonyl (C=O) groups excluding carboxylic acids is 1. The minimum atomic E-state index is -0.692. The van der Waals surface area contributed by atoms with Crippen molar-refractivity contribution in [3.8, 4) is 22.9 Å². The number of carbonyl (C=O) groups is 1. The van der Waals surface area contributed by atoms with Gasteiger partial charge in [-0.05, 0) is 53.8 Å². The Morgan fingerprint density at radius 1 is 1.06 bits per heavy atom. The van der Waals surface area contributed by atoms with Crippen molar-refractivity contribution in [1.29, 1.82) is 5.26 Å². The number of nitrogens with two attached hydrogens (primary N) is 1. The first kappa shape index (κ1) is 20.9. The fraction of sp³-hybridized carbons (Fsp3) is 0.125. The molecule has 0 atom stereocenters. The van der Waals surface area contributed by atoms with E-state index in [1.165, 1.54) is 19.2 Å². The smallest absolute Gasteiger partial charge is 0.267 e. The lowest BCUT2D eigenvalue weighted by atomic mass is 9.97. The van der Waals surface area contributed by atoms with Gasteiger partial charge < -0.3 is 10.5 Å². The second-order valence-electron chi connectivity index (χ2n) is 7.14. The number of hydrogen-bond donors (Lipinski definition) is 1. The van der Waals surface area contributed by atoms with Crippen LogP contribution in [0.4, 0.5) is 4.39 Å². The molecule has 0 saturated heterocycles. The Balaban J connectivity index is 1.72. The zero-order valence-corrected chi connectivity index (χ0v) is 17.2. The van der Waals surface area contributed by atoms with Crippen LogP contribution in [0.5, 0.6) is 5.75 Å². The summed E-state index contributed by atoms with van der Waals surface area (Å²) in [4.78, 5) is 24.2. The van der Waals surface area contributed by atoms with E-state index >= 15 is 0 Å². The van der Waals surface area contributed by atoms with Crippen molar-refractivity contribution >= 4 is 16.8 Å². The first-order chi connectivity index (χ1) is 15.5. The maximum atomic E-state index is 14.8. The molecular weight excluding hydrogens is 409 g/mol. The Labute approximate surface area is 183 Å². The predicted octanol–water partition coefficient (Wildman–Crippen LogP) is 3.60. The van der Waals surface area contributed by atoms with Crippen LogP contribution >= 0.6 is 0 Å². The van der Waals surface area contributed by atoms with Crippen LogP contribution in [0.1, 0.15) is 27.4 Å². The predicted molar refractivity (Wildman–Crippen MR) is 116 cm³/mol. The first-order valence-electron chi connectivity index (χ1n) is 9.77. The summed E-state index contributed by atoms with van der Waals surface area (Å²) >= 11 is 0. The molecule has 7 nitrogen and oxygen atoms in total. The van der Waals surface area contributed by atoms with Crippen molar-refractivity contribution in [2.75, 3.05) is 7.11 Å². The van der Waals surface area contributed by atoms with Crippen LogP contribution in [0.25, 0.3) is 22.0 Å². The zero-order chi connectivity index (χ0) is 22.7. The summed E-state index contributed by atoms with van der Waals surface area (Å²) in [7, 11) is 1.47. The average Bonchev–Trinajstić information content (AvgIpc) is 2.82. The second kappa shape index (κ2) is 8.78. The van der Waals surface area contributed by atoms with Gasteiger partial charge in [-0.2, -0.15) is 5.26 Å². The molecule has 0 radical (unpaired) electrons. The van der Waals surface area contributed by atoms with E-state index < -0.39 is 11.7 Å². The monoisotopic (exact) mass is 427 g/mol. The highest BCUT2D eigenvalue weighted by Gasteiger charge is 2.15. The van der Waals surface area contributed by atoms with Gasteiger partial charge in [0.1, 0.15) is 23.3 Å². The molecule has 158 valence electrons. The molecule has 2 N–H and O–H groups in total. The van der Waals surface area contributed by atoms with Crippen LogP contribution in [0, 0.1) is 17.1 Å². The second-order valence-corrected chi connectivity index (χ2v) is 7.14. The Morgan fingerprint density at radius 3 is 2.47 bits per heavy atom. The van der Waals surface area contributed by atoms with Gasteiger partial charge in [0, 0.05) is 29.4 Å². The Hall–Kier alpha value is -4.38. The highest BCUT2D eigenvalue weighted by atomic mass is 19.1. The average molecular weight is 427 g/mol. The molecule has 0 fully saturated rings. The van der Waals surface area contributed by atoms with E-state index in [1.807, 2.05) is 24.3 Å². The number of rotatable bonds is 6. The van der Waals surface area contributed by atoms with Crippen molar-refractivity contribution in [3.05, 3.63) is 83.3 Å². The standard InChI is InChI=1S/C24H18FN5O2/c1-32-16-5-7-17(20(25)9-16)19-10-22(24(27)31)30-21-8-14(4-6-18(19)21)2-3-15-12-28-23(11-26)29-13-15/h4-10,12-13H,2-3H2,1H3,(H2,27,31). The van der Waals surface area contributed by atoms with Crippen LogP contribution in [0.3, 0.4) is 0 Å². The Morgan fingerprint density at radius 2 is 1.81 bits per heavy atom. The maximum Gasteiger partial charge on any atom is 0.267 e. The SMILES string of the molecule is COc1ccc(-c2cc(C(N)=O)nc3cc(CCc4cnc(C#N)nc4)ccc23)c(F)c1. The number of methoxy groups -OCH3 is 1. The number of halogens is 1. The van der Waals surface area contributed by atoms with E-state index in [2.05, 4.69) is 15.0 Å². The van der Waals surface area contributed by atoms with E-state index in [1.54, 1.807) is 24.5 Å². The van der Waals surface area contributed by atoms with Crippen molar-refractivity contribution in [2.45, 2.75) is 12.8 Å². The van der Waals surface area contributed by atoms with Gasteiger partial charge in [-0.25, -0.2) is 19.3 Å². The molecule has 2 heterocycles. The summed E-state index contributed by atoms with van der Waals surface area (Å²) in [5.41, 5.74) is 8.79. The number of fused-ring (bicyclic) bond motifs is 1. The molecule has 0 aliphatic heterocycles. The third kappa shape index (κ3) is 4.23. The molecule has 4 aromatic rings. The van der Waals surface area contributed by atoms with Crippen LogP contribution in [0.2, 0.25) is 0 Å². The zero-order valence-electron chi connectivity index (χ0n) is 17.2. The number of aryl methyl sites for hydroxylation is 2. The van der Waals surface area contributed by atoms with Gasteiger partial charge in [-0.3, -0.25) is 4.79 Å². The van der Waals surface area contributed by atoms with Gasteiger partial charge in [-0.1, -0.05) is 12.1 Å². The molecular formula is C24H18FN5O2. The lowest BCUT2D eigenvalue weighted by molar-refractivity contribution is 0.0996. The highest BCUT2D eigenvalue weighted by molar-refractivity contribution is 6.01. The molecule has 0 spiro atoms. The van der Waals surface area contributed by atoms with Crippen LogP contribution in [-0.2, 0) is 12.8 Å². The highest BCUT2D eigenvalue weighted by Crippen LogP contribution is 2.33. The van der Waals surface area contributed by atoms with Gasteiger partial charge in [0.05, 0.1) is 12.6 Å². The van der Waals surface area contributed by atoms with Crippen molar-refractivity contribution < 1.29 is 13.9 Å². The fourth-order valence-electron chi connectivity index (χ4n) is 3.45. The van der Waals surface area contributed by atoms with E-state index in [0.717, 1.165) is 11.1 Å². The summed E-state index contributed by atoms with van der Waals surface area (Å²) < 4.78 is 19.9. The number of pyridine rings is 1. The molecule has 4 rings (SSSR count). The van der Waals surface area contributed by atoms with Crippen LogP contribution in [-0.4, -0.2) is 28.0 Å². The number of hydrogen-bond acceptors (Lipinski definition) is 6. The minimum absolute atomic E-state index is 0.0559. The van der Waals surface area contributed by atoms with Gasteiger partial charge in [0.15, 0.2) is 0 Å². The summed E-state index contributed by atoms with van der Waals surface area (Å²) in [5, 5.41) is 9.50. The number of primary amides is 1. The molecule has 32 heavy (non-hydrogen) atoms. The topological polar surface area (TPSA) is 115 Å². The van der Waals surface area contributed by atoms with Crippen molar-refractivity contribution in [2.24, 2.45) is 5.73 Å². The van der Waals surface area contributed by atoms with Gasteiger partial charge in [0.2, 0.25) is 5.82 Å². The third-order valence-electron chi connectivity index (χ3n) is 5.10. The molecule has 2 aromatic carbocycles. The van der Waals surface area contributed by atoms with E-state index in [9.17, 15) is 9.18 Å². The molecule has 1 amide bonds. The van der Waals surface area contributed by atoms with E-state index in [0.29, 0.717) is 40.6 Å².